The monoisotopic (exact) mass is 289 g/mol. The van der Waals surface area contributed by atoms with Gasteiger partial charge >= 0.3 is 5.97 Å². The van der Waals surface area contributed by atoms with Crippen LogP contribution in [0.2, 0.25) is 0 Å². The molecule has 0 spiro atoms. The van der Waals surface area contributed by atoms with E-state index < -0.39 is 17.6 Å². The Morgan fingerprint density at radius 3 is 2.62 bits per heavy atom. The van der Waals surface area contributed by atoms with Crippen molar-refractivity contribution in [1.82, 2.24) is 0 Å². The summed E-state index contributed by atoms with van der Waals surface area (Å²) in [6, 6.07) is 8.49. The Balaban J connectivity index is 2.23. The average molecular weight is 289 g/mol. The van der Waals surface area contributed by atoms with E-state index in [1.165, 1.54) is 6.07 Å². The lowest BCUT2D eigenvalue weighted by atomic mass is 10.1. The van der Waals surface area contributed by atoms with Gasteiger partial charge in [-0.15, -0.1) is 0 Å². The number of halogens is 2. The zero-order chi connectivity index (χ0) is 15.4. The number of hydrogen-bond donors (Lipinski definition) is 1. The molecular weight excluding hydrogens is 280 g/mol. The van der Waals surface area contributed by atoms with Gasteiger partial charge in [0.25, 0.3) is 0 Å². The molecule has 0 amide bonds. The van der Waals surface area contributed by atoms with E-state index in [1.54, 1.807) is 0 Å². The molecule has 0 aliphatic heterocycles. The van der Waals surface area contributed by atoms with Gasteiger partial charge in [-0.1, -0.05) is 0 Å². The summed E-state index contributed by atoms with van der Waals surface area (Å²) in [6.07, 6.45) is 0. The fraction of sp³-hybridized carbons (Fsp3) is 0.0667. The van der Waals surface area contributed by atoms with Crippen LogP contribution >= 0.6 is 0 Å². The first-order valence-electron chi connectivity index (χ1n) is 5.85. The quantitative estimate of drug-likeness (QED) is 0.938. The first-order valence-corrected chi connectivity index (χ1v) is 5.85. The number of nitriles is 1. The number of aromatic carboxylic acids is 1. The molecule has 2 aromatic carbocycles. The molecule has 4 nitrogen and oxygen atoms in total. The molecule has 0 unspecified atom stereocenters. The fourth-order valence-corrected chi connectivity index (χ4v) is 1.72. The molecule has 0 heterocycles. The summed E-state index contributed by atoms with van der Waals surface area (Å²) in [5.74, 6) is -2.59. The molecule has 2 aromatic rings. The number of carboxylic acid groups (broad SMARTS) is 1. The van der Waals surface area contributed by atoms with Crippen molar-refractivity contribution < 1.29 is 23.4 Å². The Hall–Kier alpha value is -2.94. The summed E-state index contributed by atoms with van der Waals surface area (Å²) in [6.45, 7) is -0.177. The lowest BCUT2D eigenvalue weighted by Gasteiger charge is -2.09. The molecular formula is C15H9F2NO3. The molecule has 0 fully saturated rings. The van der Waals surface area contributed by atoms with Crippen molar-refractivity contribution >= 4 is 5.97 Å². The van der Waals surface area contributed by atoms with Crippen molar-refractivity contribution in [2.24, 2.45) is 0 Å². The summed E-state index contributed by atoms with van der Waals surface area (Å²) >= 11 is 0. The van der Waals surface area contributed by atoms with Gasteiger partial charge in [0.15, 0.2) is 0 Å². The van der Waals surface area contributed by atoms with Crippen molar-refractivity contribution in [3.63, 3.8) is 0 Å². The molecule has 0 aromatic heterocycles. The Kier molecular flexibility index (Phi) is 4.14. The van der Waals surface area contributed by atoms with Gasteiger partial charge in [-0.25, -0.2) is 13.6 Å². The van der Waals surface area contributed by atoms with Gasteiger partial charge in [-0.2, -0.15) is 5.26 Å². The number of benzene rings is 2. The summed E-state index contributed by atoms with van der Waals surface area (Å²) in [7, 11) is 0. The van der Waals surface area contributed by atoms with Crippen LogP contribution in [-0.4, -0.2) is 11.1 Å². The van der Waals surface area contributed by atoms with Crippen LogP contribution in [0.5, 0.6) is 5.75 Å². The van der Waals surface area contributed by atoms with E-state index >= 15 is 0 Å². The predicted molar refractivity (Wildman–Crippen MR) is 68.8 cm³/mol. The van der Waals surface area contributed by atoms with Gasteiger partial charge in [0.2, 0.25) is 0 Å². The maximum Gasteiger partial charge on any atom is 0.335 e. The third-order valence-electron chi connectivity index (χ3n) is 2.70. The molecule has 0 aliphatic rings. The number of rotatable bonds is 4. The number of ether oxygens (including phenoxy) is 1. The molecule has 0 atom stereocenters. The second kappa shape index (κ2) is 6.01. The van der Waals surface area contributed by atoms with Crippen LogP contribution in [0.1, 0.15) is 21.5 Å². The standard InChI is InChI=1S/C15H9F2NO3/c16-12-2-1-9(7-18)11(4-12)8-21-14-5-10(15(19)20)3-13(17)6-14/h1-6H,8H2,(H,19,20). The van der Waals surface area contributed by atoms with Gasteiger partial charge in [0.1, 0.15) is 24.0 Å². The Morgan fingerprint density at radius 1 is 1.19 bits per heavy atom. The van der Waals surface area contributed by atoms with E-state index in [1.807, 2.05) is 6.07 Å². The van der Waals surface area contributed by atoms with Crippen LogP contribution in [0.25, 0.3) is 0 Å². The van der Waals surface area contributed by atoms with Gasteiger partial charge in [0, 0.05) is 11.6 Å². The number of carbonyl (C=O) groups is 1. The van der Waals surface area contributed by atoms with E-state index in [0.29, 0.717) is 5.56 Å². The SMILES string of the molecule is N#Cc1ccc(F)cc1COc1cc(F)cc(C(=O)O)c1. The molecule has 0 radical (unpaired) electrons. The first-order chi connectivity index (χ1) is 9.99. The molecule has 2 rings (SSSR count). The van der Waals surface area contributed by atoms with E-state index in [2.05, 4.69) is 0 Å². The molecule has 0 bridgehead atoms. The average Bonchev–Trinajstić information content (AvgIpc) is 2.44. The largest absolute Gasteiger partial charge is 0.489 e. The second-order valence-corrected chi connectivity index (χ2v) is 4.18. The third-order valence-corrected chi connectivity index (χ3v) is 2.70. The molecule has 21 heavy (non-hydrogen) atoms. The van der Waals surface area contributed by atoms with Crippen LogP contribution in [0.3, 0.4) is 0 Å². The van der Waals surface area contributed by atoms with Crippen LogP contribution in [0.4, 0.5) is 8.78 Å². The Labute approximate surface area is 118 Å². The van der Waals surface area contributed by atoms with Gasteiger partial charge in [0.05, 0.1) is 17.2 Å². The van der Waals surface area contributed by atoms with E-state index in [9.17, 15) is 13.6 Å². The van der Waals surface area contributed by atoms with Crippen LogP contribution in [0, 0.1) is 23.0 Å². The summed E-state index contributed by atoms with van der Waals surface area (Å²) in [5, 5.41) is 17.7. The summed E-state index contributed by atoms with van der Waals surface area (Å²) < 4.78 is 31.6. The fourth-order valence-electron chi connectivity index (χ4n) is 1.72. The molecule has 0 aliphatic carbocycles. The maximum atomic E-state index is 13.3. The van der Waals surface area contributed by atoms with Gasteiger partial charge < -0.3 is 9.84 Å². The maximum absolute atomic E-state index is 13.3. The number of carboxylic acids is 1. The minimum Gasteiger partial charge on any atom is -0.489 e. The lowest BCUT2D eigenvalue weighted by molar-refractivity contribution is 0.0695. The molecule has 106 valence electrons. The van der Waals surface area contributed by atoms with E-state index in [-0.39, 0.29) is 23.5 Å². The van der Waals surface area contributed by atoms with Gasteiger partial charge in [-0.3, -0.25) is 0 Å². The van der Waals surface area contributed by atoms with Gasteiger partial charge in [-0.05, 0) is 30.3 Å². The van der Waals surface area contributed by atoms with Crippen molar-refractivity contribution in [3.8, 4) is 11.8 Å². The molecule has 6 heteroatoms. The highest BCUT2D eigenvalue weighted by Crippen LogP contribution is 2.19. The normalized spacial score (nSPS) is 9.95. The second-order valence-electron chi connectivity index (χ2n) is 4.18. The van der Waals surface area contributed by atoms with Crippen molar-refractivity contribution in [2.45, 2.75) is 6.61 Å². The minimum atomic E-state index is -1.29. The minimum absolute atomic E-state index is 0.0134. The van der Waals surface area contributed by atoms with Crippen molar-refractivity contribution in [1.29, 1.82) is 5.26 Å². The lowest BCUT2D eigenvalue weighted by Crippen LogP contribution is -2.02. The van der Waals surface area contributed by atoms with E-state index in [0.717, 1.165) is 30.3 Å². The topological polar surface area (TPSA) is 70.3 Å². The highest BCUT2D eigenvalue weighted by Gasteiger charge is 2.09. The predicted octanol–water partition coefficient (Wildman–Crippen LogP) is 3.11. The zero-order valence-corrected chi connectivity index (χ0v) is 10.6. The van der Waals surface area contributed by atoms with Crippen LogP contribution < -0.4 is 4.74 Å². The third kappa shape index (κ3) is 3.54. The Bertz CT molecular complexity index is 738. The number of hydrogen-bond acceptors (Lipinski definition) is 3. The molecule has 0 saturated carbocycles. The summed E-state index contributed by atoms with van der Waals surface area (Å²) in [4.78, 5) is 10.8. The van der Waals surface area contributed by atoms with Crippen LogP contribution in [0.15, 0.2) is 36.4 Å². The smallest absolute Gasteiger partial charge is 0.335 e. The molecule has 1 N–H and O–H groups in total. The van der Waals surface area contributed by atoms with E-state index in [4.69, 9.17) is 15.1 Å². The highest BCUT2D eigenvalue weighted by molar-refractivity contribution is 5.88. The van der Waals surface area contributed by atoms with Crippen molar-refractivity contribution in [3.05, 3.63) is 64.7 Å². The first kappa shape index (κ1) is 14.5. The summed E-state index contributed by atoms with van der Waals surface area (Å²) in [5.41, 5.74) is 0.259. The Morgan fingerprint density at radius 2 is 1.95 bits per heavy atom. The number of nitrogens with zero attached hydrogens (tertiary/aromatic N) is 1. The highest BCUT2D eigenvalue weighted by atomic mass is 19.1. The van der Waals surface area contributed by atoms with Crippen molar-refractivity contribution in [2.75, 3.05) is 0 Å². The molecule has 0 saturated heterocycles. The zero-order valence-electron chi connectivity index (χ0n) is 10.6. The van der Waals surface area contributed by atoms with Crippen LogP contribution in [-0.2, 0) is 6.61 Å².